The Balaban J connectivity index is 1.60. The molecule has 0 spiro atoms. The minimum absolute atomic E-state index is 0.700. The molecule has 1 aliphatic heterocycles. The monoisotopic (exact) mass is 307 g/mol. The summed E-state index contributed by atoms with van der Waals surface area (Å²) in [4.78, 5) is 2.39. The second-order valence-electron chi connectivity index (χ2n) is 5.64. The molecular weight excluding hydrogens is 286 g/mol. The molecule has 0 atom stereocenters. The van der Waals surface area contributed by atoms with Gasteiger partial charge in [-0.25, -0.2) is 0 Å². The van der Waals surface area contributed by atoms with Gasteiger partial charge in [0.15, 0.2) is 0 Å². The van der Waals surface area contributed by atoms with Gasteiger partial charge in [0, 0.05) is 31.9 Å². The molecule has 2 aromatic carbocycles. The van der Waals surface area contributed by atoms with Crippen LogP contribution in [0.15, 0.2) is 48.5 Å². The van der Waals surface area contributed by atoms with Gasteiger partial charge in [0.1, 0.15) is 0 Å². The fraction of sp³-hybridized carbons (Fsp3) is 0.316. The molecular formula is C19H21N3O. The zero-order valence-corrected chi connectivity index (χ0v) is 13.2. The zero-order chi connectivity index (χ0) is 15.9. The van der Waals surface area contributed by atoms with Crippen molar-refractivity contribution in [1.29, 1.82) is 5.26 Å². The van der Waals surface area contributed by atoms with E-state index in [1.807, 2.05) is 24.3 Å². The predicted octanol–water partition coefficient (Wildman–Crippen LogP) is 2.68. The van der Waals surface area contributed by atoms with Crippen molar-refractivity contribution >= 4 is 5.69 Å². The number of hydrogen-bond acceptors (Lipinski definition) is 4. The average molecular weight is 307 g/mol. The topological polar surface area (TPSA) is 48.3 Å². The molecule has 1 saturated heterocycles. The Hall–Kier alpha value is -2.35. The van der Waals surface area contributed by atoms with E-state index in [2.05, 4.69) is 40.6 Å². The third kappa shape index (κ3) is 4.10. The van der Waals surface area contributed by atoms with Gasteiger partial charge < -0.3 is 15.0 Å². The number of para-hydroxylation sites is 1. The first-order valence-electron chi connectivity index (χ1n) is 7.97. The third-order valence-electron chi connectivity index (χ3n) is 4.07. The number of hydrogen-bond donors (Lipinski definition) is 1. The van der Waals surface area contributed by atoms with Crippen LogP contribution in [-0.2, 0) is 17.8 Å². The molecule has 0 aliphatic carbocycles. The van der Waals surface area contributed by atoms with Crippen LogP contribution in [0.3, 0.4) is 0 Å². The number of morpholine rings is 1. The Morgan fingerprint density at radius 3 is 2.48 bits per heavy atom. The van der Waals surface area contributed by atoms with Gasteiger partial charge in [-0.15, -0.1) is 0 Å². The van der Waals surface area contributed by atoms with E-state index in [0.29, 0.717) is 5.56 Å². The van der Waals surface area contributed by atoms with Crippen molar-refractivity contribution < 1.29 is 4.74 Å². The fourth-order valence-electron chi connectivity index (χ4n) is 2.81. The van der Waals surface area contributed by atoms with Crippen molar-refractivity contribution in [2.45, 2.75) is 13.1 Å². The fourth-order valence-corrected chi connectivity index (χ4v) is 2.81. The van der Waals surface area contributed by atoms with Gasteiger partial charge in [-0.2, -0.15) is 5.26 Å². The van der Waals surface area contributed by atoms with Crippen LogP contribution in [0.2, 0.25) is 0 Å². The summed E-state index contributed by atoms with van der Waals surface area (Å²) in [5.74, 6) is 0. The lowest BCUT2D eigenvalue weighted by Gasteiger charge is -2.30. The van der Waals surface area contributed by atoms with Crippen molar-refractivity contribution in [3.63, 3.8) is 0 Å². The minimum Gasteiger partial charge on any atom is -0.378 e. The quantitative estimate of drug-likeness (QED) is 0.922. The Bertz CT molecular complexity index is 670. The zero-order valence-electron chi connectivity index (χ0n) is 13.2. The Labute approximate surface area is 137 Å². The van der Waals surface area contributed by atoms with Gasteiger partial charge in [-0.05, 0) is 29.3 Å². The van der Waals surface area contributed by atoms with Crippen molar-refractivity contribution in [3.05, 3.63) is 65.2 Å². The summed E-state index contributed by atoms with van der Waals surface area (Å²) >= 11 is 0. The van der Waals surface area contributed by atoms with Crippen molar-refractivity contribution in [1.82, 2.24) is 5.32 Å². The van der Waals surface area contributed by atoms with Crippen LogP contribution < -0.4 is 10.2 Å². The molecule has 0 amide bonds. The molecule has 1 aliphatic rings. The van der Waals surface area contributed by atoms with E-state index >= 15 is 0 Å². The Morgan fingerprint density at radius 1 is 1.00 bits per heavy atom. The normalized spacial score (nSPS) is 14.5. The maximum absolute atomic E-state index is 8.83. The van der Waals surface area contributed by atoms with Crippen LogP contribution in [0.4, 0.5) is 5.69 Å². The lowest BCUT2D eigenvalue weighted by atomic mass is 10.1. The van der Waals surface area contributed by atoms with Crippen LogP contribution in [0.25, 0.3) is 0 Å². The molecule has 118 valence electrons. The summed E-state index contributed by atoms with van der Waals surface area (Å²) in [6, 6.07) is 18.4. The van der Waals surface area contributed by atoms with Crippen LogP contribution >= 0.6 is 0 Å². The molecule has 4 nitrogen and oxygen atoms in total. The maximum atomic E-state index is 8.83. The molecule has 0 bridgehead atoms. The van der Waals surface area contributed by atoms with Gasteiger partial charge in [0.25, 0.3) is 0 Å². The van der Waals surface area contributed by atoms with E-state index in [0.717, 1.165) is 39.4 Å². The molecule has 3 rings (SSSR count). The molecule has 0 aromatic heterocycles. The van der Waals surface area contributed by atoms with E-state index in [1.165, 1.54) is 16.8 Å². The molecule has 1 heterocycles. The van der Waals surface area contributed by atoms with E-state index < -0.39 is 0 Å². The summed E-state index contributed by atoms with van der Waals surface area (Å²) in [7, 11) is 0. The van der Waals surface area contributed by atoms with Gasteiger partial charge in [0.2, 0.25) is 0 Å². The first-order chi connectivity index (χ1) is 11.4. The first kappa shape index (κ1) is 15.5. The summed E-state index contributed by atoms with van der Waals surface area (Å²) in [6.07, 6.45) is 0. The standard InChI is InChI=1S/C19H21N3O/c20-13-16-5-7-17(8-6-16)14-21-15-18-3-1-2-4-19(18)22-9-11-23-12-10-22/h1-8,21H,9-12,14-15H2. The molecule has 1 fully saturated rings. The molecule has 0 unspecified atom stereocenters. The highest BCUT2D eigenvalue weighted by molar-refractivity contribution is 5.53. The molecule has 2 aromatic rings. The number of anilines is 1. The van der Waals surface area contributed by atoms with E-state index in [9.17, 15) is 0 Å². The second-order valence-corrected chi connectivity index (χ2v) is 5.64. The van der Waals surface area contributed by atoms with E-state index in [-0.39, 0.29) is 0 Å². The second kappa shape index (κ2) is 7.77. The summed E-state index contributed by atoms with van der Waals surface area (Å²) < 4.78 is 5.44. The van der Waals surface area contributed by atoms with Crippen molar-refractivity contribution in [3.8, 4) is 6.07 Å². The maximum Gasteiger partial charge on any atom is 0.0991 e. The van der Waals surface area contributed by atoms with E-state index in [1.54, 1.807) is 0 Å². The van der Waals surface area contributed by atoms with Crippen molar-refractivity contribution in [2.24, 2.45) is 0 Å². The minimum atomic E-state index is 0.700. The Kier molecular flexibility index (Phi) is 5.25. The lowest BCUT2D eigenvalue weighted by Crippen LogP contribution is -2.37. The lowest BCUT2D eigenvalue weighted by molar-refractivity contribution is 0.122. The summed E-state index contributed by atoms with van der Waals surface area (Å²) in [5.41, 5.74) is 4.49. The number of nitriles is 1. The van der Waals surface area contributed by atoms with E-state index in [4.69, 9.17) is 10.00 Å². The average Bonchev–Trinajstić information content (AvgIpc) is 2.63. The highest BCUT2D eigenvalue weighted by Crippen LogP contribution is 2.21. The molecule has 0 radical (unpaired) electrons. The number of nitrogens with zero attached hydrogens (tertiary/aromatic N) is 2. The highest BCUT2D eigenvalue weighted by atomic mass is 16.5. The summed E-state index contributed by atoms with van der Waals surface area (Å²) in [5, 5.41) is 12.3. The van der Waals surface area contributed by atoms with Gasteiger partial charge in [-0.3, -0.25) is 0 Å². The highest BCUT2D eigenvalue weighted by Gasteiger charge is 2.13. The molecule has 1 N–H and O–H groups in total. The van der Waals surface area contributed by atoms with Crippen LogP contribution in [-0.4, -0.2) is 26.3 Å². The third-order valence-corrected chi connectivity index (χ3v) is 4.07. The van der Waals surface area contributed by atoms with Gasteiger partial charge >= 0.3 is 0 Å². The number of ether oxygens (including phenoxy) is 1. The first-order valence-corrected chi connectivity index (χ1v) is 7.97. The smallest absolute Gasteiger partial charge is 0.0991 e. The molecule has 4 heteroatoms. The number of rotatable bonds is 5. The largest absolute Gasteiger partial charge is 0.378 e. The SMILES string of the molecule is N#Cc1ccc(CNCc2ccccc2N2CCOCC2)cc1. The van der Waals surface area contributed by atoms with Gasteiger partial charge in [-0.1, -0.05) is 30.3 Å². The van der Waals surface area contributed by atoms with Crippen LogP contribution in [0.5, 0.6) is 0 Å². The molecule has 0 saturated carbocycles. The number of benzene rings is 2. The van der Waals surface area contributed by atoms with Gasteiger partial charge in [0.05, 0.1) is 24.8 Å². The van der Waals surface area contributed by atoms with Crippen LogP contribution in [0.1, 0.15) is 16.7 Å². The summed E-state index contributed by atoms with van der Waals surface area (Å²) in [6.45, 7) is 5.12. The van der Waals surface area contributed by atoms with Crippen molar-refractivity contribution in [2.75, 3.05) is 31.2 Å². The number of nitrogens with one attached hydrogen (secondary N) is 1. The Morgan fingerprint density at radius 2 is 1.74 bits per heavy atom. The molecule has 23 heavy (non-hydrogen) atoms. The van der Waals surface area contributed by atoms with Crippen LogP contribution in [0, 0.1) is 11.3 Å². The predicted molar refractivity (Wildman–Crippen MR) is 91.2 cm³/mol.